The fourth-order valence-corrected chi connectivity index (χ4v) is 2.58. The molecule has 0 amide bonds. The van der Waals surface area contributed by atoms with Gasteiger partial charge in [-0.3, -0.25) is 4.99 Å². The lowest BCUT2D eigenvalue weighted by Gasteiger charge is -2.13. The molecule has 0 aliphatic heterocycles. The minimum absolute atomic E-state index is 0.309. The molecule has 150 valence electrons. The monoisotopic (exact) mass is 394 g/mol. The molecule has 2 aromatic carbocycles. The number of hydrogen-bond acceptors (Lipinski definition) is 4. The van der Waals surface area contributed by atoms with Crippen molar-refractivity contribution in [3.8, 4) is 17.4 Å². The van der Waals surface area contributed by atoms with Crippen LogP contribution in [-0.2, 0) is 13.1 Å². The Kier molecular flexibility index (Phi) is 7.00. The second-order valence-corrected chi connectivity index (χ2v) is 6.19. The quantitative estimate of drug-likeness (QED) is 0.470. The zero-order valence-corrected chi connectivity index (χ0v) is 16.4. The highest BCUT2D eigenvalue weighted by Gasteiger charge is 2.03. The number of nitrogens with one attached hydrogen (secondary N) is 2. The number of rotatable bonds is 7. The van der Waals surface area contributed by atoms with Crippen molar-refractivity contribution in [2.24, 2.45) is 4.99 Å². The van der Waals surface area contributed by atoms with Crippen molar-refractivity contribution < 1.29 is 13.9 Å². The van der Waals surface area contributed by atoms with Gasteiger partial charge >= 0.3 is 0 Å². The molecule has 3 rings (SSSR count). The lowest BCUT2D eigenvalue weighted by molar-refractivity contribution is 0.414. The summed E-state index contributed by atoms with van der Waals surface area (Å²) in [5, 5.41) is 6.53. The van der Waals surface area contributed by atoms with Crippen molar-refractivity contribution >= 4 is 5.96 Å². The number of aromatic nitrogens is 1. The highest BCUT2D eigenvalue weighted by atomic mass is 19.1. The summed E-state index contributed by atoms with van der Waals surface area (Å²) in [7, 11) is 3.37. The van der Waals surface area contributed by atoms with E-state index < -0.39 is 0 Å². The van der Waals surface area contributed by atoms with Crippen LogP contribution in [0.1, 0.15) is 11.1 Å². The first-order valence-corrected chi connectivity index (χ1v) is 9.12. The standard InChI is InChI=1S/C22H23FN4O2/c1-24-22(26-14-16-3-7-19(28-2)8-4-16)27-15-17-11-12-25-21(13-17)29-20-9-5-18(23)6-10-20/h3-13H,14-15H2,1-2H3,(H2,24,26,27). The molecule has 1 aromatic heterocycles. The largest absolute Gasteiger partial charge is 0.497 e. The maximum atomic E-state index is 13.0. The topological polar surface area (TPSA) is 67.8 Å². The van der Waals surface area contributed by atoms with Crippen molar-refractivity contribution in [2.75, 3.05) is 14.2 Å². The van der Waals surface area contributed by atoms with Gasteiger partial charge in [-0.1, -0.05) is 12.1 Å². The smallest absolute Gasteiger partial charge is 0.219 e. The second kappa shape index (κ2) is 10.1. The molecule has 0 aliphatic rings. The molecule has 0 saturated carbocycles. The van der Waals surface area contributed by atoms with E-state index in [1.807, 2.05) is 36.4 Å². The third-order valence-corrected chi connectivity index (χ3v) is 4.14. The number of guanidine groups is 1. The van der Waals surface area contributed by atoms with Gasteiger partial charge in [0, 0.05) is 32.4 Å². The predicted molar refractivity (Wildman–Crippen MR) is 111 cm³/mol. The van der Waals surface area contributed by atoms with E-state index in [1.165, 1.54) is 12.1 Å². The number of pyridine rings is 1. The van der Waals surface area contributed by atoms with E-state index in [4.69, 9.17) is 9.47 Å². The van der Waals surface area contributed by atoms with Crippen LogP contribution < -0.4 is 20.1 Å². The van der Waals surface area contributed by atoms with Crippen molar-refractivity contribution in [3.63, 3.8) is 0 Å². The normalized spacial score (nSPS) is 11.1. The number of methoxy groups -OCH3 is 1. The van der Waals surface area contributed by atoms with Gasteiger partial charge in [0.15, 0.2) is 5.96 Å². The van der Waals surface area contributed by atoms with E-state index in [2.05, 4.69) is 20.6 Å². The maximum absolute atomic E-state index is 13.0. The van der Waals surface area contributed by atoms with Gasteiger partial charge in [0.1, 0.15) is 17.3 Å². The Labute approximate surface area is 169 Å². The summed E-state index contributed by atoms with van der Waals surface area (Å²) in [5.74, 6) is 2.17. The maximum Gasteiger partial charge on any atom is 0.219 e. The Morgan fingerprint density at radius 1 is 0.931 bits per heavy atom. The molecule has 0 aliphatic carbocycles. The first-order chi connectivity index (χ1) is 14.2. The first-order valence-electron chi connectivity index (χ1n) is 9.12. The Morgan fingerprint density at radius 2 is 1.59 bits per heavy atom. The Hall–Kier alpha value is -3.61. The molecular formula is C22H23FN4O2. The van der Waals surface area contributed by atoms with Gasteiger partial charge in [-0.25, -0.2) is 9.37 Å². The third-order valence-electron chi connectivity index (χ3n) is 4.14. The van der Waals surface area contributed by atoms with Crippen LogP contribution in [0.15, 0.2) is 71.9 Å². The van der Waals surface area contributed by atoms with E-state index in [0.29, 0.717) is 30.7 Å². The molecule has 3 aromatic rings. The zero-order valence-electron chi connectivity index (χ0n) is 16.4. The highest BCUT2D eigenvalue weighted by molar-refractivity contribution is 5.79. The van der Waals surface area contributed by atoms with E-state index in [-0.39, 0.29) is 5.82 Å². The minimum Gasteiger partial charge on any atom is -0.497 e. The number of nitrogens with zero attached hydrogens (tertiary/aromatic N) is 2. The number of aliphatic imine (C=N–C) groups is 1. The molecule has 0 saturated heterocycles. The average Bonchev–Trinajstić information content (AvgIpc) is 2.76. The van der Waals surface area contributed by atoms with Crippen LogP contribution in [0.5, 0.6) is 17.4 Å². The van der Waals surface area contributed by atoms with Gasteiger partial charge in [0.05, 0.1) is 7.11 Å². The molecule has 0 radical (unpaired) electrons. The Bertz CT molecular complexity index is 944. The van der Waals surface area contributed by atoms with Crippen LogP contribution in [0.25, 0.3) is 0 Å². The Morgan fingerprint density at radius 3 is 2.24 bits per heavy atom. The number of halogens is 1. The molecule has 6 nitrogen and oxygen atoms in total. The molecule has 0 spiro atoms. The van der Waals surface area contributed by atoms with Crippen molar-refractivity contribution in [1.82, 2.24) is 15.6 Å². The van der Waals surface area contributed by atoms with Gasteiger partial charge in [-0.15, -0.1) is 0 Å². The third kappa shape index (κ3) is 6.21. The van der Waals surface area contributed by atoms with Gasteiger partial charge in [-0.2, -0.15) is 0 Å². The van der Waals surface area contributed by atoms with Gasteiger partial charge in [-0.05, 0) is 53.6 Å². The van der Waals surface area contributed by atoms with E-state index in [1.54, 1.807) is 32.5 Å². The number of hydrogen-bond donors (Lipinski definition) is 2. The number of benzene rings is 2. The zero-order chi connectivity index (χ0) is 20.5. The first kappa shape index (κ1) is 20.1. The summed E-state index contributed by atoms with van der Waals surface area (Å²) in [4.78, 5) is 8.43. The minimum atomic E-state index is -0.309. The summed E-state index contributed by atoms with van der Waals surface area (Å²) >= 11 is 0. The molecule has 7 heteroatoms. The van der Waals surface area contributed by atoms with Crippen molar-refractivity contribution in [2.45, 2.75) is 13.1 Å². The number of ether oxygens (including phenoxy) is 2. The van der Waals surface area contributed by atoms with Crippen LogP contribution in [0, 0.1) is 5.82 Å². The molecule has 2 N–H and O–H groups in total. The second-order valence-electron chi connectivity index (χ2n) is 6.19. The summed E-state index contributed by atoms with van der Waals surface area (Å²) in [6.07, 6.45) is 1.67. The fourth-order valence-electron chi connectivity index (χ4n) is 2.58. The van der Waals surface area contributed by atoms with Gasteiger partial charge in [0.2, 0.25) is 5.88 Å². The Balaban J connectivity index is 1.52. The van der Waals surface area contributed by atoms with Gasteiger partial charge in [0.25, 0.3) is 0 Å². The van der Waals surface area contributed by atoms with Crippen molar-refractivity contribution in [1.29, 1.82) is 0 Å². The molecule has 0 atom stereocenters. The van der Waals surface area contributed by atoms with E-state index in [0.717, 1.165) is 16.9 Å². The summed E-state index contributed by atoms with van der Waals surface area (Å²) in [6.45, 7) is 1.18. The van der Waals surface area contributed by atoms with Crippen LogP contribution in [-0.4, -0.2) is 25.1 Å². The SMILES string of the molecule is CN=C(NCc1ccc(OC)cc1)NCc1ccnc(Oc2ccc(F)cc2)c1. The summed E-state index contributed by atoms with van der Waals surface area (Å²) in [6, 6.07) is 17.4. The highest BCUT2D eigenvalue weighted by Crippen LogP contribution is 2.20. The van der Waals surface area contributed by atoms with Crippen LogP contribution in [0.3, 0.4) is 0 Å². The van der Waals surface area contributed by atoms with E-state index >= 15 is 0 Å². The van der Waals surface area contributed by atoms with Gasteiger partial charge < -0.3 is 20.1 Å². The van der Waals surface area contributed by atoms with Crippen LogP contribution >= 0.6 is 0 Å². The van der Waals surface area contributed by atoms with Crippen LogP contribution in [0.4, 0.5) is 4.39 Å². The summed E-state index contributed by atoms with van der Waals surface area (Å²) < 4.78 is 23.8. The molecule has 0 fully saturated rings. The molecule has 0 bridgehead atoms. The lowest BCUT2D eigenvalue weighted by Crippen LogP contribution is -2.36. The predicted octanol–water partition coefficient (Wildman–Crippen LogP) is 3.89. The average molecular weight is 394 g/mol. The lowest BCUT2D eigenvalue weighted by atomic mass is 10.2. The summed E-state index contributed by atoms with van der Waals surface area (Å²) in [5.41, 5.74) is 2.09. The fraction of sp³-hybridized carbons (Fsp3) is 0.182. The van der Waals surface area contributed by atoms with E-state index in [9.17, 15) is 4.39 Å². The molecular weight excluding hydrogens is 371 g/mol. The van der Waals surface area contributed by atoms with Crippen LogP contribution in [0.2, 0.25) is 0 Å². The van der Waals surface area contributed by atoms with Crippen molar-refractivity contribution in [3.05, 3.63) is 83.8 Å². The molecule has 1 heterocycles. The molecule has 0 unspecified atom stereocenters. The molecule has 29 heavy (non-hydrogen) atoms.